The molecule has 136 valence electrons. The SMILES string of the molecule is O=C(CN1CCOCC1)N1N=C(c2cccs2)C[C@@H]1c1cccc(F)c1. The molecule has 0 aliphatic carbocycles. The number of morpholine rings is 1. The Balaban J connectivity index is 1.58. The standard InChI is InChI=1S/C19H20FN3O2S/c20-15-4-1-3-14(11-15)17-12-16(18-5-2-10-26-18)21-23(17)19(24)13-22-6-8-25-9-7-22/h1-5,10-11,17H,6-9,12-13H2/t17-/m1/s1. The van der Waals surface area contributed by atoms with Gasteiger partial charge >= 0.3 is 0 Å². The van der Waals surface area contributed by atoms with Crippen LogP contribution >= 0.6 is 11.3 Å². The third-order valence-corrected chi connectivity index (χ3v) is 5.59. The van der Waals surface area contributed by atoms with Crippen molar-refractivity contribution in [3.05, 3.63) is 58.0 Å². The smallest absolute Gasteiger partial charge is 0.257 e. The monoisotopic (exact) mass is 373 g/mol. The largest absolute Gasteiger partial charge is 0.379 e. The average molecular weight is 373 g/mol. The second kappa shape index (κ2) is 7.65. The number of hydrogen-bond donors (Lipinski definition) is 0. The van der Waals surface area contributed by atoms with Crippen LogP contribution in [0.15, 0.2) is 46.9 Å². The van der Waals surface area contributed by atoms with Crippen molar-refractivity contribution in [3.8, 4) is 0 Å². The first-order valence-corrected chi connectivity index (χ1v) is 9.57. The maximum Gasteiger partial charge on any atom is 0.257 e. The molecule has 1 atom stereocenters. The predicted molar refractivity (Wildman–Crippen MR) is 98.7 cm³/mol. The van der Waals surface area contributed by atoms with E-state index in [0.29, 0.717) is 26.2 Å². The van der Waals surface area contributed by atoms with Crippen molar-refractivity contribution in [3.63, 3.8) is 0 Å². The van der Waals surface area contributed by atoms with Gasteiger partial charge in [0.15, 0.2) is 0 Å². The molecule has 0 saturated carbocycles. The molecule has 5 nitrogen and oxygen atoms in total. The van der Waals surface area contributed by atoms with Crippen LogP contribution in [0.4, 0.5) is 4.39 Å². The van der Waals surface area contributed by atoms with Gasteiger partial charge in [-0.05, 0) is 29.1 Å². The molecule has 2 aliphatic rings. The molecule has 26 heavy (non-hydrogen) atoms. The molecule has 1 fully saturated rings. The van der Waals surface area contributed by atoms with E-state index in [1.807, 2.05) is 23.6 Å². The van der Waals surface area contributed by atoms with Gasteiger partial charge in [-0.1, -0.05) is 18.2 Å². The summed E-state index contributed by atoms with van der Waals surface area (Å²) in [5.74, 6) is -0.361. The number of hydrazone groups is 1. The van der Waals surface area contributed by atoms with Gasteiger partial charge in [-0.3, -0.25) is 9.69 Å². The lowest BCUT2D eigenvalue weighted by molar-refractivity contribution is -0.135. The Hall–Kier alpha value is -2.09. The summed E-state index contributed by atoms with van der Waals surface area (Å²) < 4.78 is 19.1. The Kier molecular flexibility index (Phi) is 5.10. The van der Waals surface area contributed by atoms with E-state index in [-0.39, 0.29) is 17.8 Å². The second-order valence-electron chi connectivity index (χ2n) is 6.43. The third-order valence-electron chi connectivity index (χ3n) is 4.67. The van der Waals surface area contributed by atoms with Crippen molar-refractivity contribution in [1.29, 1.82) is 0 Å². The summed E-state index contributed by atoms with van der Waals surface area (Å²) in [4.78, 5) is 16.1. The van der Waals surface area contributed by atoms with E-state index in [1.54, 1.807) is 22.4 Å². The van der Waals surface area contributed by atoms with Crippen molar-refractivity contribution >= 4 is 23.0 Å². The maximum absolute atomic E-state index is 13.7. The summed E-state index contributed by atoms with van der Waals surface area (Å²) in [6.45, 7) is 3.07. The molecule has 1 aromatic heterocycles. The number of carbonyl (C=O) groups is 1. The summed E-state index contributed by atoms with van der Waals surface area (Å²) in [5, 5.41) is 8.15. The fourth-order valence-corrected chi connectivity index (χ4v) is 4.05. The number of rotatable bonds is 4. The van der Waals surface area contributed by atoms with Crippen molar-refractivity contribution in [2.75, 3.05) is 32.8 Å². The highest BCUT2D eigenvalue weighted by Crippen LogP contribution is 2.34. The van der Waals surface area contributed by atoms with Gasteiger partial charge in [-0.2, -0.15) is 5.10 Å². The number of thiophene rings is 1. The first-order chi connectivity index (χ1) is 12.7. The Morgan fingerprint density at radius 2 is 2.12 bits per heavy atom. The fourth-order valence-electron chi connectivity index (χ4n) is 3.33. The molecule has 1 aromatic carbocycles. The van der Waals surface area contributed by atoms with Gasteiger partial charge in [0.05, 0.1) is 36.4 Å². The Labute approximate surface area is 155 Å². The van der Waals surface area contributed by atoms with Crippen molar-refractivity contribution in [1.82, 2.24) is 9.91 Å². The van der Waals surface area contributed by atoms with E-state index in [4.69, 9.17) is 4.74 Å². The van der Waals surface area contributed by atoms with Crippen molar-refractivity contribution < 1.29 is 13.9 Å². The molecular formula is C19H20FN3O2S. The van der Waals surface area contributed by atoms with Gasteiger partial charge < -0.3 is 4.74 Å². The van der Waals surface area contributed by atoms with Gasteiger partial charge in [-0.25, -0.2) is 9.40 Å². The molecule has 1 saturated heterocycles. The summed E-state index contributed by atoms with van der Waals surface area (Å²) >= 11 is 1.60. The second-order valence-corrected chi connectivity index (χ2v) is 7.37. The lowest BCUT2D eigenvalue weighted by Crippen LogP contribution is -2.43. The van der Waals surface area contributed by atoms with Gasteiger partial charge in [0.25, 0.3) is 5.91 Å². The van der Waals surface area contributed by atoms with E-state index in [1.165, 1.54) is 12.1 Å². The molecule has 0 spiro atoms. The number of ether oxygens (including phenoxy) is 1. The van der Waals surface area contributed by atoms with Crippen LogP contribution in [0, 0.1) is 5.82 Å². The summed E-state index contributed by atoms with van der Waals surface area (Å²) in [6.07, 6.45) is 0.596. The average Bonchev–Trinajstić information content (AvgIpc) is 3.32. The molecule has 2 aliphatic heterocycles. The van der Waals surface area contributed by atoms with E-state index in [2.05, 4.69) is 10.0 Å². The van der Waals surface area contributed by atoms with Gasteiger partial charge in [0, 0.05) is 19.5 Å². The minimum atomic E-state index is -0.298. The maximum atomic E-state index is 13.7. The van der Waals surface area contributed by atoms with Crippen LogP contribution in [0.5, 0.6) is 0 Å². The minimum absolute atomic E-state index is 0.0623. The Morgan fingerprint density at radius 1 is 1.27 bits per heavy atom. The highest BCUT2D eigenvalue weighted by atomic mass is 32.1. The lowest BCUT2D eigenvalue weighted by atomic mass is 10.0. The van der Waals surface area contributed by atoms with Crippen LogP contribution < -0.4 is 0 Å². The zero-order valence-corrected chi connectivity index (χ0v) is 15.1. The van der Waals surface area contributed by atoms with Crippen LogP contribution in [0.1, 0.15) is 22.9 Å². The fraction of sp³-hybridized carbons (Fsp3) is 0.368. The first kappa shape index (κ1) is 17.3. The van der Waals surface area contributed by atoms with Crippen molar-refractivity contribution in [2.45, 2.75) is 12.5 Å². The molecule has 3 heterocycles. The first-order valence-electron chi connectivity index (χ1n) is 8.70. The summed E-state index contributed by atoms with van der Waals surface area (Å²) in [6, 6.07) is 10.1. The lowest BCUT2D eigenvalue weighted by Gasteiger charge is -2.29. The molecule has 7 heteroatoms. The van der Waals surface area contributed by atoms with Crippen LogP contribution in [-0.2, 0) is 9.53 Å². The number of halogens is 1. The quantitative estimate of drug-likeness (QED) is 0.828. The van der Waals surface area contributed by atoms with Gasteiger partial charge in [-0.15, -0.1) is 11.3 Å². The van der Waals surface area contributed by atoms with Crippen LogP contribution in [0.25, 0.3) is 0 Å². The highest BCUT2D eigenvalue weighted by molar-refractivity contribution is 7.12. The molecule has 2 aromatic rings. The molecule has 4 rings (SSSR count). The normalized spacial score (nSPS) is 21.0. The Bertz CT molecular complexity index is 803. The van der Waals surface area contributed by atoms with E-state index < -0.39 is 0 Å². The van der Waals surface area contributed by atoms with E-state index in [0.717, 1.165) is 29.2 Å². The Morgan fingerprint density at radius 3 is 2.85 bits per heavy atom. The van der Waals surface area contributed by atoms with Crippen molar-refractivity contribution in [2.24, 2.45) is 5.10 Å². The van der Waals surface area contributed by atoms with Gasteiger partial charge in [0.2, 0.25) is 0 Å². The minimum Gasteiger partial charge on any atom is -0.379 e. The zero-order chi connectivity index (χ0) is 17.9. The summed E-state index contributed by atoms with van der Waals surface area (Å²) in [7, 11) is 0. The number of benzene rings is 1. The topological polar surface area (TPSA) is 45.1 Å². The summed E-state index contributed by atoms with van der Waals surface area (Å²) in [5.41, 5.74) is 1.65. The highest BCUT2D eigenvalue weighted by Gasteiger charge is 2.34. The molecule has 0 N–H and O–H groups in total. The zero-order valence-electron chi connectivity index (χ0n) is 14.3. The number of nitrogens with zero attached hydrogens (tertiary/aromatic N) is 3. The number of amides is 1. The predicted octanol–water partition coefficient (Wildman–Crippen LogP) is 2.90. The van der Waals surface area contributed by atoms with E-state index >= 15 is 0 Å². The van der Waals surface area contributed by atoms with Crippen LogP contribution in [-0.4, -0.2) is 54.4 Å². The third kappa shape index (κ3) is 3.70. The van der Waals surface area contributed by atoms with Gasteiger partial charge in [0.1, 0.15) is 5.82 Å². The molecule has 0 unspecified atom stereocenters. The van der Waals surface area contributed by atoms with Crippen LogP contribution in [0.3, 0.4) is 0 Å². The number of hydrogen-bond acceptors (Lipinski definition) is 5. The van der Waals surface area contributed by atoms with Crippen LogP contribution in [0.2, 0.25) is 0 Å². The number of carbonyl (C=O) groups excluding carboxylic acids is 1. The molecular weight excluding hydrogens is 353 g/mol. The molecule has 1 amide bonds. The van der Waals surface area contributed by atoms with E-state index in [9.17, 15) is 9.18 Å². The molecule has 0 bridgehead atoms. The molecule has 0 radical (unpaired) electrons.